The smallest absolute Gasteiger partial charge is 0.260 e. The molecule has 0 unspecified atom stereocenters. The third-order valence-corrected chi connectivity index (χ3v) is 5.07. The SMILES string of the molecule is Cc1ccc(-c2c(C)sc3nc(Cn4cnc(C#N)n4)[nH]c(=O)c23)cc1. The van der Waals surface area contributed by atoms with Gasteiger partial charge in [0.1, 0.15) is 29.6 Å². The number of aromatic amines is 1. The van der Waals surface area contributed by atoms with Crippen molar-refractivity contribution < 1.29 is 0 Å². The van der Waals surface area contributed by atoms with Crippen molar-refractivity contribution in [2.24, 2.45) is 0 Å². The lowest BCUT2D eigenvalue weighted by molar-refractivity contribution is 0.652. The van der Waals surface area contributed by atoms with E-state index >= 15 is 0 Å². The number of rotatable bonds is 3. The van der Waals surface area contributed by atoms with Gasteiger partial charge in [0.05, 0.1) is 5.39 Å². The summed E-state index contributed by atoms with van der Waals surface area (Å²) in [7, 11) is 0. The minimum absolute atomic E-state index is 0.0852. The highest BCUT2D eigenvalue weighted by Gasteiger charge is 2.17. The van der Waals surface area contributed by atoms with E-state index in [0.29, 0.717) is 16.0 Å². The first-order chi connectivity index (χ1) is 12.5. The van der Waals surface area contributed by atoms with E-state index in [-0.39, 0.29) is 17.9 Å². The molecule has 0 spiro atoms. The topological polar surface area (TPSA) is 100 Å². The van der Waals surface area contributed by atoms with Crippen molar-refractivity contribution in [2.75, 3.05) is 0 Å². The molecule has 26 heavy (non-hydrogen) atoms. The molecule has 0 aliphatic rings. The average molecular weight is 362 g/mol. The van der Waals surface area contributed by atoms with Crippen molar-refractivity contribution in [3.05, 3.63) is 63.0 Å². The quantitative estimate of drug-likeness (QED) is 0.604. The van der Waals surface area contributed by atoms with Gasteiger partial charge in [0, 0.05) is 10.4 Å². The van der Waals surface area contributed by atoms with Crippen LogP contribution in [0.2, 0.25) is 0 Å². The molecule has 0 radical (unpaired) electrons. The van der Waals surface area contributed by atoms with Crippen molar-refractivity contribution in [2.45, 2.75) is 20.4 Å². The molecule has 4 aromatic rings. The average Bonchev–Trinajstić information content (AvgIpc) is 3.19. The Hall–Kier alpha value is -3.31. The van der Waals surface area contributed by atoms with Crippen LogP contribution in [0.5, 0.6) is 0 Å². The summed E-state index contributed by atoms with van der Waals surface area (Å²) in [6.07, 6.45) is 1.44. The van der Waals surface area contributed by atoms with E-state index < -0.39 is 0 Å². The normalized spacial score (nSPS) is 11.0. The van der Waals surface area contributed by atoms with Crippen LogP contribution in [-0.4, -0.2) is 24.7 Å². The Labute approximate surface area is 152 Å². The van der Waals surface area contributed by atoms with Gasteiger partial charge < -0.3 is 4.98 Å². The van der Waals surface area contributed by atoms with Crippen LogP contribution in [0.4, 0.5) is 0 Å². The van der Waals surface area contributed by atoms with E-state index in [4.69, 9.17) is 5.26 Å². The number of aromatic nitrogens is 5. The Morgan fingerprint density at radius 3 is 2.73 bits per heavy atom. The second-order valence-corrected chi connectivity index (χ2v) is 7.17. The van der Waals surface area contributed by atoms with Crippen molar-refractivity contribution in [3.63, 3.8) is 0 Å². The number of thiophene rings is 1. The summed E-state index contributed by atoms with van der Waals surface area (Å²) in [5, 5.41) is 13.4. The zero-order valence-corrected chi connectivity index (χ0v) is 15.0. The molecule has 0 amide bonds. The molecule has 8 heteroatoms. The summed E-state index contributed by atoms with van der Waals surface area (Å²) in [4.78, 5) is 25.7. The monoisotopic (exact) mass is 362 g/mol. The van der Waals surface area contributed by atoms with E-state index in [2.05, 4.69) is 20.1 Å². The predicted octanol–water partition coefficient (Wildman–Crippen LogP) is 2.78. The Balaban J connectivity index is 1.80. The fourth-order valence-corrected chi connectivity index (χ4v) is 3.95. The van der Waals surface area contributed by atoms with Crippen LogP contribution < -0.4 is 5.56 Å². The number of hydrogen-bond acceptors (Lipinski definition) is 6. The van der Waals surface area contributed by atoms with Gasteiger partial charge in [0.15, 0.2) is 0 Å². The first-order valence-corrected chi connectivity index (χ1v) is 8.75. The molecule has 128 valence electrons. The van der Waals surface area contributed by atoms with Gasteiger partial charge in [-0.3, -0.25) is 4.79 Å². The van der Waals surface area contributed by atoms with Crippen molar-refractivity contribution in [1.82, 2.24) is 24.7 Å². The fourth-order valence-electron chi connectivity index (χ4n) is 2.88. The summed E-state index contributed by atoms with van der Waals surface area (Å²) in [6.45, 7) is 4.28. The first kappa shape index (κ1) is 16.2. The van der Waals surface area contributed by atoms with E-state index in [9.17, 15) is 4.79 Å². The Morgan fingerprint density at radius 1 is 1.27 bits per heavy atom. The van der Waals surface area contributed by atoms with E-state index in [1.165, 1.54) is 27.9 Å². The van der Waals surface area contributed by atoms with Crippen molar-refractivity contribution in [1.29, 1.82) is 5.26 Å². The molecule has 0 bridgehead atoms. The second-order valence-electron chi connectivity index (χ2n) is 5.97. The number of nitrogens with zero attached hydrogens (tertiary/aromatic N) is 5. The highest BCUT2D eigenvalue weighted by Crippen LogP contribution is 2.35. The Bertz CT molecular complexity index is 1210. The number of aryl methyl sites for hydroxylation is 2. The molecule has 3 heterocycles. The molecular formula is C18H14N6OS. The molecule has 0 aliphatic carbocycles. The molecule has 0 aliphatic heterocycles. The molecule has 0 fully saturated rings. The van der Waals surface area contributed by atoms with Crippen LogP contribution in [0.15, 0.2) is 35.4 Å². The molecular weight excluding hydrogens is 348 g/mol. The van der Waals surface area contributed by atoms with Crippen molar-refractivity contribution >= 4 is 21.6 Å². The number of hydrogen-bond donors (Lipinski definition) is 1. The van der Waals surface area contributed by atoms with Crippen LogP contribution in [0, 0.1) is 25.2 Å². The second kappa shape index (κ2) is 6.20. The summed E-state index contributed by atoms with van der Waals surface area (Å²) < 4.78 is 1.48. The van der Waals surface area contributed by atoms with Crippen LogP contribution in [0.1, 0.15) is 22.1 Å². The van der Waals surface area contributed by atoms with Gasteiger partial charge in [-0.15, -0.1) is 16.4 Å². The van der Waals surface area contributed by atoms with Gasteiger partial charge >= 0.3 is 0 Å². The van der Waals surface area contributed by atoms with E-state index in [1.807, 2.05) is 44.2 Å². The lowest BCUT2D eigenvalue weighted by Gasteiger charge is -2.04. The minimum atomic E-state index is -0.175. The van der Waals surface area contributed by atoms with Gasteiger partial charge in [0.2, 0.25) is 0 Å². The minimum Gasteiger partial charge on any atom is -0.308 e. The van der Waals surface area contributed by atoms with Gasteiger partial charge in [-0.05, 0) is 19.4 Å². The van der Waals surface area contributed by atoms with Gasteiger partial charge in [-0.1, -0.05) is 29.8 Å². The Morgan fingerprint density at radius 2 is 2.04 bits per heavy atom. The van der Waals surface area contributed by atoms with Gasteiger partial charge in [0.25, 0.3) is 11.4 Å². The predicted molar refractivity (Wildman–Crippen MR) is 99.0 cm³/mol. The molecule has 0 saturated carbocycles. The zero-order valence-electron chi connectivity index (χ0n) is 14.1. The van der Waals surface area contributed by atoms with Crippen LogP contribution in [-0.2, 0) is 6.54 Å². The van der Waals surface area contributed by atoms with Gasteiger partial charge in [-0.25, -0.2) is 14.6 Å². The third-order valence-electron chi connectivity index (χ3n) is 4.08. The third kappa shape index (κ3) is 2.78. The Kier molecular flexibility index (Phi) is 3.86. The maximum atomic E-state index is 12.7. The van der Waals surface area contributed by atoms with Crippen LogP contribution >= 0.6 is 11.3 Å². The van der Waals surface area contributed by atoms with E-state index in [1.54, 1.807) is 0 Å². The lowest BCUT2D eigenvalue weighted by atomic mass is 10.0. The first-order valence-electron chi connectivity index (χ1n) is 7.94. The van der Waals surface area contributed by atoms with Crippen LogP contribution in [0.3, 0.4) is 0 Å². The fraction of sp³-hybridized carbons (Fsp3) is 0.167. The maximum absolute atomic E-state index is 12.7. The maximum Gasteiger partial charge on any atom is 0.260 e. The van der Waals surface area contributed by atoms with Crippen LogP contribution in [0.25, 0.3) is 21.3 Å². The molecule has 1 N–H and O–H groups in total. The number of benzene rings is 1. The zero-order chi connectivity index (χ0) is 18.3. The van der Waals surface area contributed by atoms with E-state index in [0.717, 1.165) is 16.0 Å². The standard InChI is InChI=1S/C18H14N6OS/c1-10-3-5-12(6-4-10)15-11(2)26-18-16(15)17(25)21-14(22-18)8-24-9-20-13(7-19)23-24/h3-6,9H,8H2,1-2H3,(H,21,22,25). The molecule has 4 rings (SSSR count). The summed E-state index contributed by atoms with van der Waals surface area (Å²) in [6, 6.07) is 9.99. The number of nitrogens with one attached hydrogen (secondary N) is 1. The number of fused-ring (bicyclic) bond motifs is 1. The summed E-state index contributed by atoms with van der Waals surface area (Å²) in [5.74, 6) is 0.565. The molecule has 7 nitrogen and oxygen atoms in total. The number of H-pyrrole nitrogens is 1. The molecule has 3 aromatic heterocycles. The summed E-state index contributed by atoms with van der Waals surface area (Å²) in [5.41, 5.74) is 2.93. The largest absolute Gasteiger partial charge is 0.308 e. The number of nitriles is 1. The highest BCUT2D eigenvalue weighted by atomic mass is 32.1. The lowest BCUT2D eigenvalue weighted by Crippen LogP contribution is -2.14. The molecule has 0 saturated heterocycles. The molecule has 1 aromatic carbocycles. The summed E-state index contributed by atoms with van der Waals surface area (Å²) >= 11 is 1.50. The highest BCUT2D eigenvalue weighted by molar-refractivity contribution is 7.19. The van der Waals surface area contributed by atoms with Crippen molar-refractivity contribution in [3.8, 4) is 17.2 Å². The molecule has 0 atom stereocenters. The van der Waals surface area contributed by atoms with Gasteiger partial charge in [-0.2, -0.15) is 5.26 Å².